The van der Waals surface area contributed by atoms with Gasteiger partial charge in [-0.1, -0.05) is 0 Å². The third-order valence-corrected chi connectivity index (χ3v) is 4.64. The first kappa shape index (κ1) is 13.8. The van der Waals surface area contributed by atoms with Gasteiger partial charge in [0.15, 0.2) is 0 Å². The van der Waals surface area contributed by atoms with Gasteiger partial charge >= 0.3 is 0 Å². The van der Waals surface area contributed by atoms with E-state index in [0.717, 1.165) is 32.0 Å². The molecule has 0 aromatic heterocycles. The Labute approximate surface area is 112 Å². The molecular weight excluding hydrogens is 222 g/mol. The van der Waals surface area contributed by atoms with E-state index in [9.17, 15) is 0 Å². The molecule has 0 saturated carbocycles. The summed E-state index contributed by atoms with van der Waals surface area (Å²) >= 11 is 0. The Bertz CT molecular complexity index is 297. The molecule has 3 nitrogen and oxygen atoms in total. The van der Waals surface area contributed by atoms with Gasteiger partial charge in [-0.3, -0.25) is 4.90 Å². The number of hydrogen-bond acceptors (Lipinski definition) is 3. The lowest BCUT2D eigenvalue weighted by molar-refractivity contribution is 0.0452. The van der Waals surface area contributed by atoms with Crippen LogP contribution in [-0.2, 0) is 0 Å². The molecular formula is C15H27N3. The van der Waals surface area contributed by atoms with Crippen LogP contribution in [0.5, 0.6) is 0 Å². The van der Waals surface area contributed by atoms with E-state index in [2.05, 4.69) is 36.6 Å². The predicted octanol–water partition coefficient (Wildman–Crippen LogP) is 2.48. The Morgan fingerprint density at radius 3 is 1.94 bits per heavy atom. The topological polar surface area (TPSA) is 30.3 Å². The van der Waals surface area contributed by atoms with Crippen molar-refractivity contribution in [1.29, 1.82) is 5.26 Å². The van der Waals surface area contributed by atoms with E-state index in [1.54, 1.807) is 0 Å². The first-order valence-corrected chi connectivity index (χ1v) is 7.39. The summed E-state index contributed by atoms with van der Waals surface area (Å²) in [5.74, 6) is 0.316. The highest BCUT2D eigenvalue weighted by molar-refractivity contribution is 4.91. The molecule has 0 atom stereocenters. The van der Waals surface area contributed by atoms with Crippen LogP contribution in [0.3, 0.4) is 0 Å². The Kier molecular flexibility index (Phi) is 4.29. The van der Waals surface area contributed by atoms with Gasteiger partial charge in [0.25, 0.3) is 0 Å². The minimum absolute atomic E-state index is 0.316. The van der Waals surface area contributed by atoms with Gasteiger partial charge in [-0.05, 0) is 59.5 Å². The van der Waals surface area contributed by atoms with Crippen molar-refractivity contribution in [3.63, 3.8) is 0 Å². The summed E-state index contributed by atoms with van der Waals surface area (Å²) in [5.41, 5.74) is 0.318. The number of nitriles is 1. The van der Waals surface area contributed by atoms with Crippen molar-refractivity contribution in [2.45, 2.75) is 58.0 Å². The summed E-state index contributed by atoms with van der Waals surface area (Å²) in [7, 11) is 0. The largest absolute Gasteiger partial charge is 0.300 e. The zero-order valence-electron chi connectivity index (χ0n) is 12.2. The molecule has 0 aliphatic carbocycles. The molecule has 18 heavy (non-hydrogen) atoms. The maximum atomic E-state index is 8.94. The van der Waals surface area contributed by atoms with Crippen molar-refractivity contribution in [2.75, 3.05) is 26.2 Å². The Morgan fingerprint density at radius 2 is 1.50 bits per heavy atom. The van der Waals surface area contributed by atoms with Crippen LogP contribution in [0.1, 0.15) is 46.5 Å². The fourth-order valence-corrected chi connectivity index (χ4v) is 3.30. The maximum Gasteiger partial charge on any atom is 0.0656 e. The van der Waals surface area contributed by atoms with Crippen molar-refractivity contribution >= 4 is 0 Å². The van der Waals surface area contributed by atoms with Crippen LogP contribution in [0.25, 0.3) is 0 Å². The summed E-state index contributed by atoms with van der Waals surface area (Å²) in [5, 5.41) is 8.94. The summed E-state index contributed by atoms with van der Waals surface area (Å²) in [4.78, 5) is 5.24. The van der Waals surface area contributed by atoms with Crippen molar-refractivity contribution < 1.29 is 0 Å². The van der Waals surface area contributed by atoms with Crippen LogP contribution in [0.4, 0.5) is 0 Å². The van der Waals surface area contributed by atoms with Gasteiger partial charge in [0.05, 0.1) is 6.07 Å². The molecule has 2 fully saturated rings. The second-order valence-electron chi connectivity index (χ2n) is 6.83. The lowest BCUT2D eigenvalue weighted by Gasteiger charge is -2.45. The molecule has 102 valence electrons. The van der Waals surface area contributed by atoms with Crippen LogP contribution in [0.2, 0.25) is 0 Å². The standard InChI is InChI=1S/C15H27N3/c1-15(2,3)18-10-6-14(7-11-18)17-8-4-13(12-16)5-9-17/h13-14H,4-11H2,1-3H3. The van der Waals surface area contributed by atoms with Crippen LogP contribution < -0.4 is 0 Å². The molecule has 2 aliphatic heterocycles. The van der Waals surface area contributed by atoms with Gasteiger partial charge in [0, 0.05) is 30.6 Å². The number of likely N-dealkylation sites (tertiary alicyclic amines) is 2. The monoisotopic (exact) mass is 249 g/mol. The summed E-state index contributed by atoms with van der Waals surface area (Å²) < 4.78 is 0. The van der Waals surface area contributed by atoms with E-state index < -0.39 is 0 Å². The minimum Gasteiger partial charge on any atom is -0.300 e. The molecule has 0 spiro atoms. The average Bonchev–Trinajstić information content (AvgIpc) is 2.38. The lowest BCUT2D eigenvalue weighted by atomic mass is 9.93. The molecule has 2 aliphatic rings. The molecule has 0 N–H and O–H groups in total. The summed E-state index contributed by atoms with van der Waals surface area (Å²) in [6.07, 6.45) is 4.76. The van der Waals surface area contributed by atoms with Crippen LogP contribution >= 0.6 is 0 Å². The third kappa shape index (κ3) is 3.24. The Morgan fingerprint density at radius 1 is 0.944 bits per heavy atom. The maximum absolute atomic E-state index is 8.94. The SMILES string of the molecule is CC(C)(C)N1CCC(N2CCC(C#N)CC2)CC1. The second-order valence-corrected chi connectivity index (χ2v) is 6.83. The smallest absolute Gasteiger partial charge is 0.0656 e. The highest BCUT2D eigenvalue weighted by Gasteiger charge is 2.31. The van der Waals surface area contributed by atoms with E-state index in [1.165, 1.54) is 25.9 Å². The lowest BCUT2D eigenvalue weighted by Crippen LogP contribution is -2.52. The van der Waals surface area contributed by atoms with Crippen molar-refractivity contribution in [3.8, 4) is 6.07 Å². The Balaban J connectivity index is 1.79. The van der Waals surface area contributed by atoms with E-state index in [-0.39, 0.29) is 0 Å². The van der Waals surface area contributed by atoms with Gasteiger partial charge in [0.1, 0.15) is 0 Å². The van der Waals surface area contributed by atoms with Gasteiger partial charge < -0.3 is 4.90 Å². The van der Waals surface area contributed by atoms with Crippen LogP contribution in [0, 0.1) is 17.2 Å². The van der Waals surface area contributed by atoms with Gasteiger partial charge in [-0.15, -0.1) is 0 Å². The Hall–Kier alpha value is -0.590. The molecule has 0 amide bonds. The van der Waals surface area contributed by atoms with E-state index >= 15 is 0 Å². The normalized spacial score (nSPS) is 26.1. The first-order chi connectivity index (χ1) is 8.50. The third-order valence-electron chi connectivity index (χ3n) is 4.64. The van der Waals surface area contributed by atoms with E-state index in [1.807, 2.05) is 0 Å². The van der Waals surface area contributed by atoms with Crippen molar-refractivity contribution in [2.24, 2.45) is 5.92 Å². The summed E-state index contributed by atoms with van der Waals surface area (Å²) in [6, 6.07) is 3.19. The number of hydrogen-bond donors (Lipinski definition) is 0. The zero-order valence-corrected chi connectivity index (χ0v) is 12.2. The van der Waals surface area contributed by atoms with Gasteiger partial charge in [-0.2, -0.15) is 5.26 Å². The predicted molar refractivity (Wildman–Crippen MR) is 74.3 cm³/mol. The van der Waals surface area contributed by atoms with E-state index in [4.69, 9.17) is 5.26 Å². The molecule has 0 radical (unpaired) electrons. The van der Waals surface area contributed by atoms with Gasteiger partial charge in [0.2, 0.25) is 0 Å². The number of nitrogens with zero attached hydrogens (tertiary/aromatic N) is 3. The highest BCUT2D eigenvalue weighted by atomic mass is 15.2. The molecule has 0 bridgehead atoms. The first-order valence-electron chi connectivity index (χ1n) is 7.39. The molecule has 2 saturated heterocycles. The molecule has 0 unspecified atom stereocenters. The fraction of sp³-hybridized carbons (Fsp3) is 0.933. The second kappa shape index (κ2) is 5.59. The van der Waals surface area contributed by atoms with Crippen LogP contribution in [-0.4, -0.2) is 47.6 Å². The quantitative estimate of drug-likeness (QED) is 0.715. The van der Waals surface area contributed by atoms with Crippen molar-refractivity contribution in [3.05, 3.63) is 0 Å². The molecule has 0 aromatic rings. The number of rotatable bonds is 1. The van der Waals surface area contributed by atoms with Crippen LogP contribution in [0.15, 0.2) is 0 Å². The van der Waals surface area contributed by atoms with E-state index in [0.29, 0.717) is 11.5 Å². The highest BCUT2D eigenvalue weighted by Crippen LogP contribution is 2.26. The summed E-state index contributed by atoms with van der Waals surface area (Å²) in [6.45, 7) is 11.7. The molecule has 3 heteroatoms. The molecule has 0 aromatic carbocycles. The fourth-order valence-electron chi connectivity index (χ4n) is 3.30. The zero-order chi connectivity index (χ0) is 13.2. The molecule has 2 heterocycles. The van der Waals surface area contributed by atoms with Gasteiger partial charge in [-0.25, -0.2) is 0 Å². The molecule has 2 rings (SSSR count). The number of piperidine rings is 2. The van der Waals surface area contributed by atoms with Crippen molar-refractivity contribution in [1.82, 2.24) is 9.80 Å². The average molecular weight is 249 g/mol. The minimum atomic E-state index is 0.316.